The lowest BCUT2D eigenvalue weighted by Gasteiger charge is -2.13. The lowest BCUT2D eigenvalue weighted by atomic mass is 10.2. The lowest BCUT2D eigenvalue weighted by molar-refractivity contribution is -0.137. The van der Waals surface area contributed by atoms with Gasteiger partial charge in [0.1, 0.15) is 11.6 Å². The van der Waals surface area contributed by atoms with E-state index in [-0.39, 0.29) is 25.5 Å². The molecule has 0 unspecified atom stereocenters. The lowest BCUT2D eigenvalue weighted by Crippen LogP contribution is -2.38. The smallest absolute Gasteiger partial charge is 0.419 e. The van der Waals surface area contributed by atoms with E-state index in [0.717, 1.165) is 6.07 Å². The van der Waals surface area contributed by atoms with Crippen molar-refractivity contribution in [3.05, 3.63) is 53.7 Å². The van der Waals surface area contributed by atoms with Crippen LogP contribution >= 0.6 is 0 Å². The van der Waals surface area contributed by atoms with Crippen molar-refractivity contribution in [2.45, 2.75) is 13.1 Å². The number of hydrogen-bond acceptors (Lipinski definition) is 5. The van der Waals surface area contributed by atoms with Crippen molar-refractivity contribution < 1.29 is 27.5 Å². The van der Waals surface area contributed by atoms with Crippen LogP contribution in [0.25, 0.3) is 0 Å². The van der Waals surface area contributed by atoms with E-state index < -0.39 is 23.6 Å². The molecule has 2 aromatic rings. The molecule has 1 aromatic heterocycles. The molecule has 1 aromatic carbocycles. The van der Waals surface area contributed by atoms with Crippen LogP contribution in [0.4, 0.5) is 19.0 Å². The van der Waals surface area contributed by atoms with Crippen molar-refractivity contribution in [1.29, 1.82) is 0 Å². The Morgan fingerprint density at radius 3 is 2.45 bits per heavy atom. The molecule has 0 saturated heterocycles. The number of halogens is 3. The van der Waals surface area contributed by atoms with Crippen molar-refractivity contribution in [2.75, 3.05) is 31.6 Å². The van der Waals surface area contributed by atoms with Gasteiger partial charge in [0, 0.05) is 24.8 Å². The number of nitrogens with zero attached hydrogens (tertiary/aromatic N) is 1. The maximum Gasteiger partial charge on any atom is 0.419 e. The summed E-state index contributed by atoms with van der Waals surface area (Å²) in [7, 11) is 0. The zero-order chi connectivity index (χ0) is 21.3. The van der Waals surface area contributed by atoms with Gasteiger partial charge in [-0.15, -0.1) is 0 Å². The number of aromatic nitrogens is 1. The molecular weight excluding hydrogens is 389 g/mol. The number of rotatable bonds is 9. The molecule has 7 nitrogen and oxygen atoms in total. The number of anilines is 1. The predicted octanol–water partition coefficient (Wildman–Crippen LogP) is 2.46. The standard InChI is InChI=1S/C19H21F3N4O3/c1-2-29-14-7-5-13(6-8-14)18(28)26-12-16(27)23-10-11-25-17-15(19(20,21)22)4-3-9-24-17/h3-9H,2,10-12H2,1H3,(H,23,27)(H,24,25)(H,26,28). The highest BCUT2D eigenvalue weighted by Crippen LogP contribution is 2.33. The van der Waals surface area contributed by atoms with Crippen LogP contribution in [0, 0.1) is 0 Å². The SMILES string of the molecule is CCOc1ccc(C(=O)NCC(=O)NCCNc2ncccc2C(F)(F)F)cc1. The molecule has 0 spiro atoms. The second-order valence-corrected chi connectivity index (χ2v) is 5.81. The summed E-state index contributed by atoms with van der Waals surface area (Å²) in [5.74, 6) is -0.568. The Morgan fingerprint density at radius 1 is 1.07 bits per heavy atom. The fourth-order valence-electron chi connectivity index (χ4n) is 2.35. The van der Waals surface area contributed by atoms with Crippen molar-refractivity contribution >= 4 is 17.6 Å². The normalized spacial score (nSPS) is 10.9. The Labute approximate surface area is 165 Å². The summed E-state index contributed by atoms with van der Waals surface area (Å²) >= 11 is 0. The number of pyridine rings is 1. The van der Waals surface area contributed by atoms with E-state index in [9.17, 15) is 22.8 Å². The van der Waals surface area contributed by atoms with E-state index in [1.165, 1.54) is 12.3 Å². The monoisotopic (exact) mass is 410 g/mol. The summed E-state index contributed by atoms with van der Waals surface area (Å²) in [5.41, 5.74) is -0.508. The second-order valence-electron chi connectivity index (χ2n) is 5.81. The Balaban J connectivity index is 1.72. The summed E-state index contributed by atoms with van der Waals surface area (Å²) in [5, 5.41) is 7.50. The van der Waals surface area contributed by atoms with Gasteiger partial charge in [-0.05, 0) is 43.3 Å². The van der Waals surface area contributed by atoms with Gasteiger partial charge in [0.05, 0.1) is 18.7 Å². The van der Waals surface area contributed by atoms with E-state index in [0.29, 0.717) is 17.9 Å². The first-order chi connectivity index (χ1) is 13.8. The molecular formula is C19H21F3N4O3. The van der Waals surface area contributed by atoms with Crippen molar-refractivity contribution in [3.63, 3.8) is 0 Å². The highest BCUT2D eigenvalue weighted by Gasteiger charge is 2.33. The summed E-state index contributed by atoms with van der Waals surface area (Å²) in [4.78, 5) is 27.5. The molecule has 156 valence electrons. The minimum Gasteiger partial charge on any atom is -0.494 e. The average molecular weight is 410 g/mol. The van der Waals surface area contributed by atoms with Gasteiger partial charge in [0.25, 0.3) is 5.91 Å². The summed E-state index contributed by atoms with van der Waals surface area (Å²) in [6, 6.07) is 8.57. The number of hydrogen-bond donors (Lipinski definition) is 3. The molecule has 0 bridgehead atoms. The van der Waals surface area contributed by atoms with Crippen LogP contribution in [0.2, 0.25) is 0 Å². The summed E-state index contributed by atoms with van der Waals surface area (Å²) in [6.07, 6.45) is -3.28. The predicted molar refractivity (Wildman–Crippen MR) is 101 cm³/mol. The molecule has 0 aliphatic heterocycles. The summed E-state index contributed by atoms with van der Waals surface area (Å²) in [6.45, 7) is 2.20. The Morgan fingerprint density at radius 2 is 1.79 bits per heavy atom. The van der Waals surface area contributed by atoms with Gasteiger partial charge in [0.15, 0.2) is 0 Å². The van der Waals surface area contributed by atoms with Crippen LogP contribution in [0.3, 0.4) is 0 Å². The van der Waals surface area contributed by atoms with E-state index >= 15 is 0 Å². The first-order valence-corrected chi connectivity index (χ1v) is 8.85. The largest absolute Gasteiger partial charge is 0.494 e. The van der Waals surface area contributed by atoms with Gasteiger partial charge in [-0.2, -0.15) is 13.2 Å². The number of nitrogens with one attached hydrogen (secondary N) is 3. The maximum atomic E-state index is 12.9. The third-order valence-electron chi connectivity index (χ3n) is 3.69. The molecule has 29 heavy (non-hydrogen) atoms. The molecule has 2 amide bonds. The highest BCUT2D eigenvalue weighted by atomic mass is 19.4. The highest BCUT2D eigenvalue weighted by molar-refractivity contribution is 5.96. The van der Waals surface area contributed by atoms with Crippen LogP contribution in [0.5, 0.6) is 5.75 Å². The molecule has 0 aliphatic rings. The second kappa shape index (κ2) is 10.3. The molecule has 0 radical (unpaired) electrons. The first-order valence-electron chi connectivity index (χ1n) is 8.85. The van der Waals surface area contributed by atoms with Gasteiger partial charge in [-0.3, -0.25) is 9.59 Å². The number of ether oxygens (including phenoxy) is 1. The third kappa shape index (κ3) is 6.98. The van der Waals surface area contributed by atoms with Crippen LogP contribution in [0.15, 0.2) is 42.6 Å². The van der Waals surface area contributed by atoms with E-state index in [2.05, 4.69) is 20.9 Å². The van der Waals surface area contributed by atoms with E-state index in [1.807, 2.05) is 6.92 Å². The van der Waals surface area contributed by atoms with Crippen LogP contribution in [-0.2, 0) is 11.0 Å². The molecule has 0 atom stereocenters. The quantitative estimate of drug-likeness (QED) is 0.553. The fraction of sp³-hybridized carbons (Fsp3) is 0.316. The number of alkyl halides is 3. The van der Waals surface area contributed by atoms with E-state index in [4.69, 9.17) is 4.74 Å². The van der Waals surface area contributed by atoms with Gasteiger partial charge < -0.3 is 20.7 Å². The first kappa shape index (κ1) is 22.0. The number of amides is 2. The topological polar surface area (TPSA) is 92.3 Å². The molecule has 1 heterocycles. The maximum absolute atomic E-state index is 12.9. The minimum absolute atomic E-state index is 0.0403. The molecule has 0 aliphatic carbocycles. The van der Waals surface area contributed by atoms with Crippen LogP contribution < -0.4 is 20.7 Å². The van der Waals surface area contributed by atoms with E-state index in [1.54, 1.807) is 24.3 Å². The van der Waals surface area contributed by atoms with Crippen molar-refractivity contribution in [2.24, 2.45) is 0 Å². The number of carbonyl (C=O) groups is 2. The zero-order valence-corrected chi connectivity index (χ0v) is 15.7. The van der Waals surface area contributed by atoms with Crippen LogP contribution in [-0.4, -0.2) is 43.0 Å². The van der Waals surface area contributed by atoms with Gasteiger partial charge >= 0.3 is 6.18 Å². The third-order valence-corrected chi connectivity index (χ3v) is 3.69. The Kier molecular flexibility index (Phi) is 7.81. The fourth-order valence-corrected chi connectivity index (χ4v) is 2.35. The van der Waals surface area contributed by atoms with Gasteiger partial charge in [0.2, 0.25) is 5.91 Å². The van der Waals surface area contributed by atoms with Crippen LogP contribution in [0.1, 0.15) is 22.8 Å². The van der Waals surface area contributed by atoms with Gasteiger partial charge in [-0.25, -0.2) is 4.98 Å². The minimum atomic E-state index is -4.52. The molecule has 0 saturated carbocycles. The van der Waals surface area contributed by atoms with Crippen molar-refractivity contribution in [1.82, 2.24) is 15.6 Å². The Bertz CT molecular complexity index is 826. The molecule has 0 fully saturated rings. The zero-order valence-electron chi connectivity index (χ0n) is 15.7. The number of carbonyl (C=O) groups excluding carboxylic acids is 2. The molecule has 10 heteroatoms. The number of benzene rings is 1. The summed E-state index contributed by atoms with van der Waals surface area (Å²) < 4.78 is 43.9. The Hall–Kier alpha value is -3.30. The van der Waals surface area contributed by atoms with Gasteiger partial charge in [-0.1, -0.05) is 0 Å². The average Bonchev–Trinajstić information content (AvgIpc) is 2.70. The molecule has 2 rings (SSSR count). The molecule has 3 N–H and O–H groups in total. The van der Waals surface area contributed by atoms with Crippen molar-refractivity contribution in [3.8, 4) is 5.75 Å².